The van der Waals surface area contributed by atoms with Crippen molar-refractivity contribution in [1.29, 1.82) is 0 Å². The minimum absolute atomic E-state index is 0.318. The molecular weight excluding hydrogens is 304 g/mol. The Labute approximate surface area is 122 Å². The van der Waals surface area contributed by atoms with E-state index in [1.165, 1.54) is 32.1 Å². The quantitative estimate of drug-likeness (QED) is 0.869. The summed E-state index contributed by atoms with van der Waals surface area (Å²) in [5, 5.41) is 9.73. The largest absolute Gasteiger partial charge is 0.481 e. The summed E-state index contributed by atoms with van der Waals surface area (Å²) in [5.41, 5.74) is 0.644. The average molecular weight is 323 g/mol. The summed E-state index contributed by atoms with van der Waals surface area (Å²) in [4.78, 5) is 11.8. The van der Waals surface area contributed by atoms with Gasteiger partial charge in [-0.2, -0.15) is 0 Å². The molecule has 0 saturated heterocycles. The van der Waals surface area contributed by atoms with Gasteiger partial charge in [0.15, 0.2) is 0 Å². The van der Waals surface area contributed by atoms with Crippen LogP contribution in [0.3, 0.4) is 0 Å². The van der Waals surface area contributed by atoms with Crippen LogP contribution in [0.1, 0.15) is 50.5 Å². The summed E-state index contributed by atoms with van der Waals surface area (Å²) in [7, 11) is 0. The van der Waals surface area contributed by atoms with Crippen molar-refractivity contribution in [3.05, 3.63) is 34.3 Å². The van der Waals surface area contributed by atoms with Crippen molar-refractivity contribution in [3.8, 4) is 0 Å². The zero-order valence-corrected chi connectivity index (χ0v) is 12.6. The highest BCUT2D eigenvalue weighted by atomic mass is 79.9. The molecule has 0 bridgehead atoms. The number of aliphatic carboxylic acids is 1. The maximum Gasteiger partial charge on any atom is 0.314 e. The first-order chi connectivity index (χ1) is 9.06. The summed E-state index contributed by atoms with van der Waals surface area (Å²) in [6.45, 7) is 0. The second kappa shape index (κ2) is 4.62. The molecule has 0 radical (unpaired) electrons. The molecule has 0 aromatic heterocycles. The lowest BCUT2D eigenvalue weighted by molar-refractivity contribution is -0.156. The van der Waals surface area contributed by atoms with Gasteiger partial charge in [-0.15, -0.1) is 0 Å². The zero-order valence-electron chi connectivity index (χ0n) is 11.0. The number of benzene rings is 1. The predicted molar refractivity (Wildman–Crippen MR) is 78.2 cm³/mol. The third-order valence-corrected chi connectivity index (χ3v) is 5.55. The van der Waals surface area contributed by atoms with Gasteiger partial charge in [-0.3, -0.25) is 4.79 Å². The van der Waals surface area contributed by atoms with E-state index < -0.39 is 11.4 Å². The van der Waals surface area contributed by atoms with Gasteiger partial charge in [-0.1, -0.05) is 47.3 Å². The molecule has 2 nitrogen and oxygen atoms in total. The van der Waals surface area contributed by atoms with Crippen LogP contribution in [0.2, 0.25) is 0 Å². The summed E-state index contributed by atoms with van der Waals surface area (Å²) in [5.74, 6) is -0.651. The normalized spacial score (nSPS) is 23.8. The summed E-state index contributed by atoms with van der Waals surface area (Å²) >= 11 is 3.45. The first-order valence-electron chi connectivity index (χ1n) is 7.06. The number of rotatable bonds is 2. The molecule has 0 heterocycles. The van der Waals surface area contributed by atoms with Crippen LogP contribution in [0.15, 0.2) is 28.7 Å². The van der Waals surface area contributed by atoms with E-state index in [4.69, 9.17) is 0 Å². The number of carboxylic acid groups (broad SMARTS) is 1. The number of halogens is 1. The van der Waals surface area contributed by atoms with Gasteiger partial charge in [0.2, 0.25) is 0 Å². The number of hydrogen-bond acceptors (Lipinski definition) is 1. The summed E-state index contributed by atoms with van der Waals surface area (Å²) < 4.78 is 0.968. The Kier molecular flexibility index (Phi) is 3.20. The molecule has 0 aliphatic heterocycles. The minimum atomic E-state index is -0.651. The van der Waals surface area contributed by atoms with E-state index in [2.05, 4.69) is 15.9 Å². The van der Waals surface area contributed by atoms with Crippen LogP contribution in [-0.2, 0) is 10.2 Å². The van der Waals surface area contributed by atoms with Crippen LogP contribution in [-0.4, -0.2) is 11.1 Å². The maximum atomic E-state index is 11.8. The van der Waals surface area contributed by atoms with Crippen molar-refractivity contribution in [3.63, 3.8) is 0 Å². The third kappa shape index (κ3) is 2.12. The van der Waals surface area contributed by atoms with Crippen LogP contribution in [0.4, 0.5) is 0 Å². The number of carboxylic acids is 1. The van der Waals surface area contributed by atoms with Gasteiger partial charge in [-0.05, 0) is 48.8 Å². The van der Waals surface area contributed by atoms with Crippen molar-refractivity contribution in [2.24, 2.45) is 5.41 Å². The van der Waals surface area contributed by atoms with E-state index in [1.54, 1.807) is 0 Å². The van der Waals surface area contributed by atoms with Crippen molar-refractivity contribution < 1.29 is 9.90 Å². The van der Waals surface area contributed by atoms with Gasteiger partial charge in [-0.25, -0.2) is 0 Å². The molecule has 0 unspecified atom stereocenters. The van der Waals surface area contributed by atoms with Crippen LogP contribution >= 0.6 is 15.9 Å². The highest BCUT2D eigenvalue weighted by Crippen LogP contribution is 2.62. The fourth-order valence-corrected chi connectivity index (χ4v) is 4.55. The van der Waals surface area contributed by atoms with Gasteiger partial charge in [0.25, 0.3) is 0 Å². The lowest BCUT2D eigenvalue weighted by atomic mass is 9.46. The molecule has 2 aliphatic rings. The number of carbonyl (C=O) groups is 1. The van der Waals surface area contributed by atoms with Crippen molar-refractivity contribution >= 4 is 21.9 Å². The maximum absolute atomic E-state index is 11.8. The molecule has 2 saturated carbocycles. The van der Waals surface area contributed by atoms with E-state index in [0.717, 1.165) is 22.9 Å². The molecule has 3 heteroatoms. The molecule has 3 rings (SSSR count). The smallest absolute Gasteiger partial charge is 0.314 e. The lowest BCUT2D eigenvalue weighted by Crippen LogP contribution is -2.55. The van der Waals surface area contributed by atoms with Crippen LogP contribution in [0.5, 0.6) is 0 Å². The molecule has 2 aliphatic carbocycles. The van der Waals surface area contributed by atoms with Crippen molar-refractivity contribution in [2.45, 2.75) is 50.4 Å². The average Bonchev–Trinajstić information content (AvgIpc) is 2.36. The van der Waals surface area contributed by atoms with Gasteiger partial charge in [0.05, 0.1) is 5.41 Å². The van der Waals surface area contributed by atoms with E-state index >= 15 is 0 Å². The van der Waals surface area contributed by atoms with Crippen molar-refractivity contribution in [1.82, 2.24) is 0 Å². The Morgan fingerprint density at radius 2 is 1.84 bits per heavy atom. The fourth-order valence-electron chi connectivity index (χ4n) is 4.15. The molecule has 102 valence electrons. The lowest BCUT2D eigenvalue weighted by Gasteiger charge is -2.56. The second-order valence-corrected chi connectivity index (χ2v) is 7.23. The minimum Gasteiger partial charge on any atom is -0.481 e. The Bertz CT molecular complexity index is 495. The predicted octanol–water partition coefficient (Wildman–Crippen LogP) is 4.52. The second-order valence-electron chi connectivity index (χ2n) is 6.31. The molecule has 0 atom stereocenters. The molecule has 2 fully saturated rings. The Morgan fingerprint density at radius 3 is 2.42 bits per heavy atom. The van der Waals surface area contributed by atoms with E-state index in [0.29, 0.717) is 5.41 Å². The Morgan fingerprint density at radius 1 is 1.16 bits per heavy atom. The monoisotopic (exact) mass is 322 g/mol. The Hall–Kier alpha value is -0.830. The topological polar surface area (TPSA) is 37.3 Å². The molecular formula is C16H19BrO2. The highest BCUT2D eigenvalue weighted by Gasteiger charge is 2.59. The standard InChI is InChI=1S/C16H19BrO2/c17-13-6-4-5-12(9-13)16(14(18)19)10-15(11-16)7-2-1-3-8-15/h4-6,9H,1-3,7-8,10-11H2,(H,18,19). The molecule has 1 N–H and O–H groups in total. The highest BCUT2D eigenvalue weighted by molar-refractivity contribution is 9.10. The van der Waals surface area contributed by atoms with E-state index in [1.807, 2.05) is 24.3 Å². The third-order valence-electron chi connectivity index (χ3n) is 5.05. The molecule has 1 spiro atoms. The Balaban J connectivity index is 1.89. The van der Waals surface area contributed by atoms with Gasteiger partial charge in [0, 0.05) is 4.47 Å². The van der Waals surface area contributed by atoms with E-state index in [9.17, 15) is 9.90 Å². The molecule has 1 aromatic rings. The summed E-state index contributed by atoms with van der Waals surface area (Å²) in [6.07, 6.45) is 7.95. The van der Waals surface area contributed by atoms with Crippen LogP contribution in [0, 0.1) is 5.41 Å². The van der Waals surface area contributed by atoms with E-state index in [-0.39, 0.29) is 0 Å². The first-order valence-corrected chi connectivity index (χ1v) is 7.85. The van der Waals surface area contributed by atoms with Crippen LogP contribution in [0.25, 0.3) is 0 Å². The van der Waals surface area contributed by atoms with Gasteiger partial charge in [0.1, 0.15) is 0 Å². The molecule has 19 heavy (non-hydrogen) atoms. The van der Waals surface area contributed by atoms with Crippen molar-refractivity contribution in [2.75, 3.05) is 0 Å². The first kappa shape index (κ1) is 13.2. The molecule has 1 aromatic carbocycles. The van der Waals surface area contributed by atoms with Gasteiger partial charge >= 0.3 is 5.97 Å². The van der Waals surface area contributed by atoms with Crippen LogP contribution < -0.4 is 0 Å². The fraction of sp³-hybridized carbons (Fsp3) is 0.562. The van der Waals surface area contributed by atoms with Gasteiger partial charge < -0.3 is 5.11 Å². The zero-order chi connectivity index (χ0) is 13.5. The summed E-state index contributed by atoms with van der Waals surface area (Å²) in [6, 6.07) is 7.84. The number of hydrogen-bond donors (Lipinski definition) is 1. The SMILES string of the molecule is O=C(O)C1(c2cccc(Br)c2)CC2(CCCCC2)C1. The molecule has 0 amide bonds.